The summed E-state index contributed by atoms with van der Waals surface area (Å²) < 4.78 is 12.7. The molecule has 0 aliphatic carbocycles. The maximum Gasteiger partial charge on any atom is 0.307 e. The van der Waals surface area contributed by atoms with Gasteiger partial charge in [0, 0.05) is 19.6 Å². The molecule has 3 aromatic heterocycles. The minimum Gasteiger partial charge on any atom is -0.466 e. The number of nitrogens with one attached hydrogen (secondary N) is 2. The smallest absolute Gasteiger partial charge is 0.307 e. The molecule has 0 bridgehead atoms. The molecular weight excluding hydrogens is 448 g/mol. The summed E-state index contributed by atoms with van der Waals surface area (Å²) in [5.74, 6) is 1.83. The second-order valence-corrected chi connectivity index (χ2v) is 8.46. The normalized spacial score (nSPS) is 14.0. The van der Waals surface area contributed by atoms with Gasteiger partial charge in [0.25, 0.3) is 0 Å². The van der Waals surface area contributed by atoms with Gasteiger partial charge in [-0.15, -0.1) is 0 Å². The maximum atomic E-state index is 12.1. The van der Waals surface area contributed by atoms with Gasteiger partial charge in [-0.3, -0.25) is 4.79 Å². The molecule has 4 aromatic rings. The summed E-state index contributed by atoms with van der Waals surface area (Å²) in [6.45, 7) is 6.11. The fourth-order valence-electron chi connectivity index (χ4n) is 4.00. The topological polar surface area (TPSA) is 123 Å². The van der Waals surface area contributed by atoms with Gasteiger partial charge >= 0.3 is 5.97 Å². The van der Waals surface area contributed by atoms with Crippen molar-refractivity contribution < 1.29 is 14.3 Å². The number of nitrogens with zero attached hydrogens (tertiary/aromatic N) is 6. The molecule has 0 radical (unpaired) electrons. The number of ether oxygens (including phenoxy) is 2. The molecule has 184 valence electrons. The van der Waals surface area contributed by atoms with Crippen LogP contribution in [0, 0.1) is 0 Å². The quantitative estimate of drug-likeness (QED) is 0.262. The average molecular weight is 479 g/mol. The number of morpholine rings is 1. The molecule has 4 heterocycles. The van der Waals surface area contributed by atoms with Crippen molar-refractivity contribution in [3.8, 4) is 0 Å². The van der Waals surface area contributed by atoms with E-state index < -0.39 is 0 Å². The molecule has 5 rings (SSSR count). The number of fused-ring (bicyclic) bond motifs is 2. The number of esters is 1. The molecule has 1 fully saturated rings. The van der Waals surface area contributed by atoms with E-state index in [1.807, 2.05) is 28.8 Å². The molecule has 0 spiro atoms. The highest BCUT2D eigenvalue weighted by Gasteiger charge is 2.20. The summed E-state index contributed by atoms with van der Waals surface area (Å²) >= 11 is 0. The second-order valence-electron chi connectivity index (χ2n) is 8.46. The number of H-pyrrole nitrogens is 1. The zero-order valence-corrected chi connectivity index (χ0v) is 19.9. The van der Waals surface area contributed by atoms with Crippen molar-refractivity contribution in [1.82, 2.24) is 29.5 Å². The molecule has 11 heteroatoms. The van der Waals surface area contributed by atoms with E-state index >= 15 is 0 Å². The number of imidazole rings is 2. The lowest BCUT2D eigenvalue weighted by atomic mass is 10.3. The molecule has 1 aliphatic rings. The number of aromatic nitrogens is 6. The Morgan fingerprint density at radius 2 is 2.06 bits per heavy atom. The van der Waals surface area contributed by atoms with Crippen LogP contribution in [0.15, 0.2) is 30.6 Å². The third-order valence-electron chi connectivity index (χ3n) is 5.93. The third-order valence-corrected chi connectivity index (χ3v) is 5.93. The highest BCUT2D eigenvalue weighted by Crippen LogP contribution is 2.24. The zero-order chi connectivity index (χ0) is 24.0. The van der Waals surface area contributed by atoms with E-state index in [2.05, 4.69) is 32.1 Å². The van der Waals surface area contributed by atoms with E-state index in [9.17, 15) is 4.79 Å². The summed E-state index contributed by atoms with van der Waals surface area (Å²) in [6.07, 6.45) is 3.82. The molecule has 0 atom stereocenters. The number of rotatable bonds is 10. The number of carbonyl (C=O) groups is 1. The van der Waals surface area contributed by atoms with Crippen molar-refractivity contribution in [2.24, 2.45) is 0 Å². The first-order valence-electron chi connectivity index (χ1n) is 12.1. The van der Waals surface area contributed by atoms with Crippen molar-refractivity contribution in [2.45, 2.75) is 39.3 Å². The van der Waals surface area contributed by atoms with Crippen molar-refractivity contribution in [3.63, 3.8) is 0 Å². The number of aromatic amines is 1. The van der Waals surface area contributed by atoms with Gasteiger partial charge in [0.15, 0.2) is 17.0 Å². The third kappa shape index (κ3) is 5.35. The Labute approximate surface area is 202 Å². The van der Waals surface area contributed by atoms with Crippen molar-refractivity contribution in [1.29, 1.82) is 0 Å². The van der Waals surface area contributed by atoms with Gasteiger partial charge in [-0.25, -0.2) is 9.97 Å². The highest BCUT2D eigenvalue weighted by atomic mass is 16.5. The Hall–Kier alpha value is -3.73. The second kappa shape index (κ2) is 10.7. The van der Waals surface area contributed by atoms with Crippen molar-refractivity contribution in [3.05, 3.63) is 36.4 Å². The predicted octanol–water partition coefficient (Wildman–Crippen LogP) is 2.88. The van der Waals surface area contributed by atoms with Crippen LogP contribution in [0.25, 0.3) is 22.2 Å². The minimum atomic E-state index is -0.217. The summed E-state index contributed by atoms with van der Waals surface area (Å²) in [5, 5.41) is 3.39. The fraction of sp³-hybridized carbons (Fsp3) is 0.458. The summed E-state index contributed by atoms with van der Waals surface area (Å²) in [7, 11) is 0. The molecule has 1 aliphatic heterocycles. The van der Waals surface area contributed by atoms with E-state index in [4.69, 9.17) is 19.4 Å². The lowest BCUT2D eigenvalue weighted by Gasteiger charge is -2.27. The SMILES string of the molecule is CCCCOC(=O)CCn1cnc2c(NCc3nc4ccccc4[nH]3)nc(N3CCOCC3)nc21. The van der Waals surface area contributed by atoms with Crippen molar-refractivity contribution in [2.75, 3.05) is 43.1 Å². The summed E-state index contributed by atoms with van der Waals surface area (Å²) in [6, 6.07) is 7.92. The summed E-state index contributed by atoms with van der Waals surface area (Å²) in [4.78, 5) is 36.4. The van der Waals surface area contributed by atoms with Gasteiger partial charge in [-0.2, -0.15) is 9.97 Å². The van der Waals surface area contributed by atoms with Crippen LogP contribution in [0.4, 0.5) is 11.8 Å². The lowest BCUT2D eigenvalue weighted by molar-refractivity contribution is -0.144. The molecule has 0 saturated carbocycles. The van der Waals surface area contributed by atoms with Gasteiger partial charge in [-0.05, 0) is 18.6 Å². The molecule has 11 nitrogen and oxygen atoms in total. The van der Waals surface area contributed by atoms with E-state index in [1.165, 1.54) is 0 Å². The van der Waals surface area contributed by atoms with Crippen molar-refractivity contribution >= 4 is 39.9 Å². The molecule has 0 unspecified atom stereocenters. The Kier molecular flexibility index (Phi) is 7.03. The molecule has 0 amide bonds. The van der Waals surface area contributed by atoms with Gasteiger partial charge in [0.05, 0.1) is 50.1 Å². The number of benzene rings is 1. The number of para-hydroxylation sites is 2. The largest absolute Gasteiger partial charge is 0.466 e. The first-order chi connectivity index (χ1) is 17.2. The van der Waals surface area contributed by atoms with Crippen LogP contribution in [-0.4, -0.2) is 68.4 Å². The molecule has 1 saturated heterocycles. The number of aryl methyl sites for hydroxylation is 1. The Bertz CT molecular complexity index is 1260. The van der Waals surface area contributed by atoms with Crippen LogP contribution in [-0.2, 0) is 27.4 Å². The van der Waals surface area contributed by atoms with Crippen LogP contribution < -0.4 is 10.2 Å². The van der Waals surface area contributed by atoms with E-state index in [1.54, 1.807) is 6.33 Å². The number of carbonyl (C=O) groups excluding carboxylic acids is 1. The van der Waals surface area contributed by atoms with E-state index in [0.29, 0.717) is 68.9 Å². The van der Waals surface area contributed by atoms with Crippen LogP contribution in [0.5, 0.6) is 0 Å². The highest BCUT2D eigenvalue weighted by molar-refractivity contribution is 5.84. The van der Waals surface area contributed by atoms with E-state index in [-0.39, 0.29) is 12.4 Å². The number of hydrogen-bond acceptors (Lipinski definition) is 9. The number of unbranched alkanes of at least 4 members (excludes halogenated alkanes) is 1. The fourth-order valence-corrected chi connectivity index (χ4v) is 4.00. The van der Waals surface area contributed by atoms with Gasteiger partial charge < -0.3 is 29.2 Å². The minimum absolute atomic E-state index is 0.217. The first kappa shape index (κ1) is 23.0. The monoisotopic (exact) mass is 478 g/mol. The van der Waals surface area contributed by atoms with Crippen LogP contribution >= 0.6 is 0 Å². The molecule has 35 heavy (non-hydrogen) atoms. The molecule has 2 N–H and O–H groups in total. The Balaban J connectivity index is 1.38. The van der Waals surface area contributed by atoms with Crippen LogP contribution in [0.3, 0.4) is 0 Å². The lowest BCUT2D eigenvalue weighted by Crippen LogP contribution is -2.37. The standard InChI is InChI=1S/C24H30N8O3/c1-2-3-12-35-20(33)8-9-32-16-26-21-22(25-15-19-27-17-6-4-5-7-18(17)28-19)29-24(30-23(21)32)31-10-13-34-14-11-31/h4-7,16H,2-3,8-15H2,1H3,(H,27,28)(H,25,29,30). The van der Waals surface area contributed by atoms with Gasteiger partial charge in [-0.1, -0.05) is 25.5 Å². The Morgan fingerprint density at radius 1 is 1.20 bits per heavy atom. The van der Waals surface area contributed by atoms with Crippen LogP contribution in [0.2, 0.25) is 0 Å². The maximum absolute atomic E-state index is 12.1. The number of hydrogen-bond donors (Lipinski definition) is 2. The Morgan fingerprint density at radius 3 is 2.89 bits per heavy atom. The summed E-state index contributed by atoms with van der Waals surface area (Å²) in [5.41, 5.74) is 3.23. The number of anilines is 2. The predicted molar refractivity (Wildman–Crippen MR) is 132 cm³/mol. The van der Waals surface area contributed by atoms with E-state index in [0.717, 1.165) is 29.7 Å². The van der Waals surface area contributed by atoms with Gasteiger partial charge in [0.2, 0.25) is 5.95 Å². The van der Waals surface area contributed by atoms with Gasteiger partial charge in [0.1, 0.15) is 5.82 Å². The molecular formula is C24H30N8O3. The molecule has 1 aromatic carbocycles. The van der Waals surface area contributed by atoms with Crippen LogP contribution in [0.1, 0.15) is 32.0 Å². The average Bonchev–Trinajstić information content (AvgIpc) is 3.50. The zero-order valence-electron chi connectivity index (χ0n) is 19.9. The first-order valence-corrected chi connectivity index (χ1v) is 12.1.